The molecule has 0 spiro atoms. The molecule has 4 rings (SSSR count). The van der Waals surface area contributed by atoms with E-state index < -0.39 is 11.2 Å². The lowest BCUT2D eigenvalue weighted by Gasteiger charge is -2.45. The minimum atomic E-state index is -0.723. The number of hydrogen-bond acceptors (Lipinski definition) is 9. The predicted molar refractivity (Wildman–Crippen MR) is 182 cm³/mol. The van der Waals surface area contributed by atoms with Gasteiger partial charge in [-0.05, 0) is 72.2 Å². The minimum absolute atomic E-state index is 0.0624. The van der Waals surface area contributed by atoms with Gasteiger partial charge >= 0.3 is 0 Å². The van der Waals surface area contributed by atoms with Crippen molar-refractivity contribution < 1.29 is 43.4 Å². The summed E-state index contributed by atoms with van der Waals surface area (Å²) in [5.41, 5.74) is 3.32. The van der Waals surface area contributed by atoms with E-state index in [-0.39, 0.29) is 40.0 Å². The van der Waals surface area contributed by atoms with Crippen LogP contribution in [0.15, 0.2) is 24.3 Å². The second kappa shape index (κ2) is 18.8. The van der Waals surface area contributed by atoms with Crippen molar-refractivity contribution in [1.29, 1.82) is 0 Å². The van der Waals surface area contributed by atoms with E-state index in [1.165, 1.54) is 11.1 Å². The lowest BCUT2D eigenvalue weighted by Crippen LogP contribution is -2.53. The van der Waals surface area contributed by atoms with Crippen molar-refractivity contribution in [3.63, 3.8) is 0 Å². The largest absolute Gasteiger partial charge is 0.454 e. The predicted octanol–water partition coefficient (Wildman–Crippen LogP) is 6.73. The van der Waals surface area contributed by atoms with Gasteiger partial charge in [-0.1, -0.05) is 66.2 Å². The van der Waals surface area contributed by atoms with Crippen LogP contribution < -0.4 is 18.9 Å². The molecule has 0 saturated carbocycles. The zero-order chi connectivity index (χ0) is 33.5. The molecule has 2 aliphatic rings. The van der Waals surface area contributed by atoms with Gasteiger partial charge in [0.25, 0.3) is 0 Å². The van der Waals surface area contributed by atoms with E-state index in [2.05, 4.69) is 52.0 Å². The van der Waals surface area contributed by atoms with Crippen LogP contribution in [0.5, 0.6) is 23.0 Å². The van der Waals surface area contributed by atoms with Gasteiger partial charge in [-0.2, -0.15) is 0 Å². The molecule has 2 atom stereocenters. The van der Waals surface area contributed by atoms with Gasteiger partial charge in [0.05, 0.1) is 50.8 Å². The molecule has 264 valence electrons. The molecule has 0 fully saturated rings. The van der Waals surface area contributed by atoms with Crippen LogP contribution in [-0.2, 0) is 39.9 Å². The number of fused-ring (bicyclic) bond motifs is 2. The maximum absolute atomic E-state index is 9.73. The molecule has 0 radical (unpaired) electrons. The summed E-state index contributed by atoms with van der Waals surface area (Å²) in [6, 6.07) is 8.49. The van der Waals surface area contributed by atoms with Gasteiger partial charge in [0.1, 0.15) is 0 Å². The summed E-state index contributed by atoms with van der Waals surface area (Å²) >= 11 is 0. The van der Waals surface area contributed by atoms with Crippen molar-refractivity contribution in [2.24, 2.45) is 0 Å². The van der Waals surface area contributed by atoms with Gasteiger partial charge < -0.3 is 43.4 Å². The maximum atomic E-state index is 9.73. The lowest BCUT2D eigenvalue weighted by molar-refractivity contribution is -0.210. The first-order valence-electron chi connectivity index (χ1n) is 17.8. The molecule has 0 aliphatic carbocycles. The van der Waals surface area contributed by atoms with Gasteiger partial charge in [-0.25, -0.2) is 0 Å². The van der Waals surface area contributed by atoms with Crippen LogP contribution in [0.2, 0.25) is 0 Å². The second-order valence-corrected chi connectivity index (χ2v) is 13.0. The molecule has 47 heavy (non-hydrogen) atoms. The van der Waals surface area contributed by atoms with Gasteiger partial charge in [0.15, 0.2) is 23.0 Å². The SMILES string of the molecule is CCCCC(COCCO)(Cc1cc2c(cc1CCC)OCO2)OC(CCCC)(COCCO)Cc1cc2c(cc1CCC)OCO2. The fourth-order valence-electron chi connectivity index (χ4n) is 6.84. The highest BCUT2D eigenvalue weighted by molar-refractivity contribution is 5.50. The highest BCUT2D eigenvalue weighted by Gasteiger charge is 2.43. The Bertz CT molecular complexity index is 1140. The number of hydrogen-bond donors (Lipinski definition) is 2. The average Bonchev–Trinajstić information content (AvgIpc) is 3.72. The van der Waals surface area contributed by atoms with E-state index in [4.69, 9.17) is 33.2 Å². The first kappa shape index (κ1) is 37.3. The molecule has 0 bridgehead atoms. The summed E-state index contributed by atoms with van der Waals surface area (Å²) in [5.74, 6) is 3.09. The van der Waals surface area contributed by atoms with Crippen molar-refractivity contribution in [3.05, 3.63) is 46.5 Å². The number of ether oxygens (including phenoxy) is 7. The Morgan fingerprint density at radius 2 is 0.957 bits per heavy atom. The molecule has 2 aromatic rings. The number of aliphatic hydroxyl groups excluding tert-OH is 2. The molecule has 9 nitrogen and oxygen atoms in total. The topological polar surface area (TPSA) is 105 Å². The highest BCUT2D eigenvalue weighted by atomic mass is 16.7. The van der Waals surface area contributed by atoms with Crippen LogP contribution in [-0.4, -0.2) is 74.6 Å². The fraction of sp³-hybridized carbons (Fsp3) is 0.684. The van der Waals surface area contributed by atoms with E-state index in [1.807, 2.05) is 0 Å². The summed E-state index contributed by atoms with van der Waals surface area (Å²) in [5, 5.41) is 19.5. The zero-order valence-corrected chi connectivity index (χ0v) is 29.2. The van der Waals surface area contributed by atoms with Crippen LogP contribution in [0.4, 0.5) is 0 Å². The average molecular weight is 659 g/mol. The summed E-state index contributed by atoms with van der Waals surface area (Å²) in [4.78, 5) is 0. The van der Waals surface area contributed by atoms with Gasteiger partial charge in [0.2, 0.25) is 13.6 Å². The Kier molecular flexibility index (Phi) is 14.9. The molecule has 2 N–H and O–H groups in total. The summed E-state index contributed by atoms with van der Waals surface area (Å²) in [6.45, 7) is 10.2. The lowest BCUT2D eigenvalue weighted by atomic mass is 9.82. The standard InChI is InChI=1S/C38H58O9/c1-5-9-13-37(25-41-17-15-39,23-31-21-35-33(43-27-45-35)19-29(31)11-7-3)47-38(14-10-6-2,26-42-18-16-40)24-32-22-36-34(44-28-46-36)20-30(32)12-8-4/h19-22,39-40H,5-18,23-28H2,1-4H3. The molecule has 0 amide bonds. The number of aliphatic hydroxyl groups is 2. The van der Waals surface area contributed by atoms with Crippen LogP contribution in [0.25, 0.3) is 0 Å². The third-order valence-electron chi connectivity index (χ3n) is 9.06. The van der Waals surface area contributed by atoms with Gasteiger partial charge in [-0.3, -0.25) is 0 Å². The van der Waals surface area contributed by atoms with E-state index >= 15 is 0 Å². The number of aryl methyl sites for hydroxylation is 2. The fourth-order valence-corrected chi connectivity index (χ4v) is 6.84. The Morgan fingerprint density at radius 3 is 1.30 bits per heavy atom. The first-order chi connectivity index (χ1) is 22.9. The van der Waals surface area contributed by atoms with Crippen molar-refractivity contribution in [2.75, 3.05) is 53.2 Å². The van der Waals surface area contributed by atoms with Crippen molar-refractivity contribution >= 4 is 0 Å². The molecule has 2 unspecified atom stereocenters. The van der Waals surface area contributed by atoms with E-state index in [9.17, 15) is 10.2 Å². The summed E-state index contributed by atoms with van der Waals surface area (Å²) < 4.78 is 43.3. The monoisotopic (exact) mass is 658 g/mol. The van der Waals surface area contributed by atoms with Crippen molar-refractivity contribution in [3.8, 4) is 23.0 Å². The molecular weight excluding hydrogens is 600 g/mol. The van der Waals surface area contributed by atoms with Crippen molar-refractivity contribution in [2.45, 2.75) is 116 Å². The molecule has 0 saturated heterocycles. The number of rotatable bonds is 24. The Morgan fingerprint density at radius 1 is 0.574 bits per heavy atom. The quantitative estimate of drug-likeness (QED) is 0.119. The first-order valence-corrected chi connectivity index (χ1v) is 17.8. The van der Waals surface area contributed by atoms with E-state index in [0.29, 0.717) is 26.1 Å². The Balaban J connectivity index is 1.83. The van der Waals surface area contributed by atoms with Gasteiger partial charge in [-0.15, -0.1) is 0 Å². The van der Waals surface area contributed by atoms with Crippen LogP contribution in [0.1, 0.15) is 101 Å². The van der Waals surface area contributed by atoms with E-state index in [0.717, 1.165) is 98.3 Å². The second-order valence-electron chi connectivity index (χ2n) is 13.0. The van der Waals surface area contributed by atoms with Crippen LogP contribution in [0, 0.1) is 0 Å². The minimum Gasteiger partial charge on any atom is -0.454 e. The normalized spacial score (nSPS) is 16.0. The van der Waals surface area contributed by atoms with Crippen molar-refractivity contribution in [1.82, 2.24) is 0 Å². The van der Waals surface area contributed by atoms with Crippen LogP contribution in [0.3, 0.4) is 0 Å². The Labute approximate surface area is 281 Å². The molecule has 2 aliphatic heterocycles. The Hall–Kier alpha value is -2.56. The number of benzene rings is 2. The molecule has 2 aromatic carbocycles. The smallest absolute Gasteiger partial charge is 0.231 e. The molecule has 9 heteroatoms. The highest BCUT2D eigenvalue weighted by Crippen LogP contribution is 2.42. The third kappa shape index (κ3) is 10.2. The van der Waals surface area contributed by atoms with Gasteiger partial charge in [0, 0.05) is 12.8 Å². The van der Waals surface area contributed by atoms with Crippen LogP contribution >= 0.6 is 0 Å². The van der Waals surface area contributed by atoms with E-state index in [1.54, 1.807) is 0 Å². The maximum Gasteiger partial charge on any atom is 0.231 e. The summed E-state index contributed by atoms with van der Waals surface area (Å²) in [7, 11) is 0. The zero-order valence-electron chi connectivity index (χ0n) is 29.2. The third-order valence-corrected chi connectivity index (χ3v) is 9.06. The number of unbranched alkanes of at least 4 members (excludes halogenated alkanes) is 2. The summed E-state index contributed by atoms with van der Waals surface area (Å²) in [6.07, 6.45) is 10.5. The molecule has 0 aromatic heterocycles. The molecular formula is C38H58O9. The molecule has 2 heterocycles.